The lowest BCUT2D eigenvalue weighted by molar-refractivity contribution is -0.113. The molecule has 0 radical (unpaired) electrons. The van der Waals surface area contributed by atoms with Crippen molar-refractivity contribution in [3.05, 3.63) is 40.8 Å². The molecule has 2 atom stereocenters. The number of carbonyl (C=O) groups excluding carboxylic acids is 1. The van der Waals surface area contributed by atoms with Crippen LogP contribution in [0.2, 0.25) is 0 Å². The molecule has 1 N–H and O–H groups in total. The quantitative estimate of drug-likeness (QED) is 0.909. The molecule has 2 aromatic rings. The predicted octanol–water partition coefficient (Wildman–Crippen LogP) is 2.49. The van der Waals surface area contributed by atoms with Crippen LogP contribution in [-0.2, 0) is 4.74 Å². The van der Waals surface area contributed by atoms with E-state index in [-0.39, 0.29) is 17.6 Å². The second kappa shape index (κ2) is 7.09. The molecule has 0 bridgehead atoms. The van der Waals surface area contributed by atoms with E-state index in [9.17, 15) is 4.79 Å². The molecule has 25 heavy (non-hydrogen) atoms. The molecule has 4 heterocycles. The molecule has 2 fully saturated rings. The first kappa shape index (κ1) is 16.5. The van der Waals surface area contributed by atoms with Gasteiger partial charge in [-0.25, -0.2) is 9.97 Å². The Balaban J connectivity index is 1.34. The normalized spacial score (nSPS) is 26.1. The number of carbonyl (C=O) groups is 1. The van der Waals surface area contributed by atoms with Crippen LogP contribution in [0.3, 0.4) is 0 Å². The van der Waals surface area contributed by atoms with Gasteiger partial charge < -0.3 is 15.0 Å². The Morgan fingerprint density at radius 1 is 1.40 bits per heavy atom. The van der Waals surface area contributed by atoms with Crippen molar-refractivity contribution in [2.24, 2.45) is 0 Å². The van der Waals surface area contributed by atoms with Crippen LogP contribution in [0.4, 0.5) is 5.95 Å². The van der Waals surface area contributed by atoms with Crippen LogP contribution < -0.4 is 10.2 Å². The minimum atomic E-state index is -0.130. The molecule has 132 valence electrons. The number of ether oxygens (including phenoxy) is 1. The summed E-state index contributed by atoms with van der Waals surface area (Å²) in [5.74, 6) is 0.756. The first-order chi connectivity index (χ1) is 12.2. The van der Waals surface area contributed by atoms with Gasteiger partial charge in [0.15, 0.2) is 0 Å². The number of thiophene rings is 1. The van der Waals surface area contributed by atoms with E-state index in [1.807, 2.05) is 22.9 Å². The lowest BCUT2D eigenvalue weighted by atomic mass is 9.90. The number of nitrogens with one attached hydrogen (secondary N) is 1. The first-order valence-corrected chi connectivity index (χ1v) is 9.69. The maximum Gasteiger partial charge on any atom is 0.252 e. The highest BCUT2D eigenvalue weighted by Crippen LogP contribution is 2.37. The fraction of sp³-hybridized carbons (Fsp3) is 0.500. The lowest BCUT2D eigenvalue weighted by Crippen LogP contribution is -2.47. The molecule has 2 aliphatic heterocycles. The smallest absolute Gasteiger partial charge is 0.252 e. The standard InChI is InChI=1S/C18H22N4O2S/c23-16(14-4-10-25-12-14)21-11-15-3-1-5-18(24-15)6-9-22(13-18)17-19-7-2-8-20-17/h2,4,7-8,10,12,15H,1,3,5-6,9,11,13H2,(H,21,23)/t15-,18-/m1/s1. The third kappa shape index (κ3) is 3.67. The Kier molecular flexibility index (Phi) is 4.67. The second-order valence-electron chi connectivity index (χ2n) is 6.76. The van der Waals surface area contributed by atoms with Crippen molar-refractivity contribution in [1.82, 2.24) is 15.3 Å². The molecule has 4 rings (SSSR count). The van der Waals surface area contributed by atoms with Crippen molar-refractivity contribution in [2.45, 2.75) is 37.4 Å². The van der Waals surface area contributed by atoms with Crippen LogP contribution in [0.15, 0.2) is 35.3 Å². The third-order valence-electron chi connectivity index (χ3n) is 5.00. The van der Waals surface area contributed by atoms with E-state index in [2.05, 4.69) is 20.2 Å². The molecule has 0 unspecified atom stereocenters. The molecule has 2 aliphatic rings. The topological polar surface area (TPSA) is 67.4 Å². The van der Waals surface area contributed by atoms with Crippen LogP contribution in [0.5, 0.6) is 0 Å². The largest absolute Gasteiger partial charge is 0.368 e. The highest BCUT2D eigenvalue weighted by atomic mass is 32.1. The highest BCUT2D eigenvalue weighted by Gasteiger charge is 2.43. The van der Waals surface area contributed by atoms with Crippen molar-refractivity contribution >= 4 is 23.2 Å². The first-order valence-electron chi connectivity index (χ1n) is 8.74. The van der Waals surface area contributed by atoms with Gasteiger partial charge in [-0.1, -0.05) is 0 Å². The fourth-order valence-corrected chi connectivity index (χ4v) is 4.38. The minimum Gasteiger partial charge on any atom is -0.368 e. The van der Waals surface area contributed by atoms with Gasteiger partial charge in [0, 0.05) is 43.0 Å². The average molecular weight is 358 g/mol. The maximum absolute atomic E-state index is 12.1. The van der Waals surface area contributed by atoms with Gasteiger partial charge in [-0.15, -0.1) is 0 Å². The number of rotatable bonds is 4. The second-order valence-corrected chi connectivity index (χ2v) is 7.54. The SMILES string of the molecule is O=C(NC[C@H]1CCC[C@]2(CCN(c3ncccn3)C2)O1)c1ccsc1. The van der Waals surface area contributed by atoms with E-state index in [0.717, 1.165) is 50.3 Å². The Hall–Kier alpha value is -1.99. The van der Waals surface area contributed by atoms with Gasteiger partial charge in [-0.2, -0.15) is 11.3 Å². The molecule has 2 saturated heterocycles. The fourth-order valence-electron chi connectivity index (χ4n) is 3.74. The van der Waals surface area contributed by atoms with E-state index >= 15 is 0 Å². The van der Waals surface area contributed by atoms with Gasteiger partial charge in [-0.05, 0) is 43.2 Å². The molecule has 7 heteroatoms. The monoisotopic (exact) mass is 358 g/mol. The molecule has 1 spiro atoms. The summed E-state index contributed by atoms with van der Waals surface area (Å²) in [5, 5.41) is 6.79. The third-order valence-corrected chi connectivity index (χ3v) is 5.68. The van der Waals surface area contributed by atoms with Crippen molar-refractivity contribution in [3.63, 3.8) is 0 Å². The van der Waals surface area contributed by atoms with Gasteiger partial charge >= 0.3 is 0 Å². The van der Waals surface area contributed by atoms with Crippen molar-refractivity contribution < 1.29 is 9.53 Å². The zero-order chi connectivity index (χ0) is 17.1. The number of amides is 1. The highest BCUT2D eigenvalue weighted by molar-refractivity contribution is 7.08. The molecule has 0 saturated carbocycles. The summed E-state index contributed by atoms with van der Waals surface area (Å²) < 4.78 is 6.45. The van der Waals surface area contributed by atoms with E-state index < -0.39 is 0 Å². The van der Waals surface area contributed by atoms with Crippen molar-refractivity contribution in [2.75, 3.05) is 24.5 Å². The average Bonchev–Trinajstić information content (AvgIpc) is 3.31. The summed E-state index contributed by atoms with van der Waals surface area (Å²) in [4.78, 5) is 23.0. The number of anilines is 1. The minimum absolute atomic E-state index is 0.0183. The van der Waals surface area contributed by atoms with E-state index in [1.165, 1.54) is 11.3 Å². The van der Waals surface area contributed by atoms with E-state index in [1.54, 1.807) is 12.4 Å². The summed E-state index contributed by atoms with van der Waals surface area (Å²) in [6.45, 7) is 2.31. The summed E-state index contributed by atoms with van der Waals surface area (Å²) in [6.07, 6.45) is 7.80. The Bertz CT molecular complexity index is 709. The molecular weight excluding hydrogens is 336 g/mol. The van der Waals surface area contributed by atoms with Crippen LogP contribution >= 0.6 is 11.3 Å². The molecule has 6 nitrogen and oxygen atoms in total. The van der Waals surface area contributed by atoms with Gasteiger partial charge in [0.1, 0.15) is 0 Å². The van der Waals surface area contributed by atoms with Crippen molar-refractivity contribution in [3.8, 4) is 0 Å². The van der Waals surface area contributed by atoms with E-state index in [0.29, 0.717) is 6.54 Å². The number of hydrogen-bond acceptors (Lipinski definition) is 6. The molecule has 1 amide bonds. The molecular formula is C18H22N4O2S. The zero-order valence-electron chi connectivity index (χ0n) is 14.1. The van der Waals surface area contributed by atoms with Gasteiger partial charge in [-0.3, -0.25) is 4.79 Å². The Morgan fingerprint density at radius 3 is 3.08 bits per heavy atom. The summed E-state index contributed by atoms with van der Waals surface area (Å²) >= 11 is 1.53. The van der Waals surface area contributed by atoms with Gasteiger partial charge in [0.2, 0.25) is 5.95 Å². The maximum atomic E-state index is 12.1. The molecule has 0 aromatic carbocycles. The molecule has 0 aliphatic carbocycles. The van der Waals surface area contributed by atoms with Crippen molar-refractivity contribution in [1.29, 1.82) is 0 Å². The van der Waals surface area contributed by atoms with Crippen LogP contribution in [0, 0.1) is 0 Å². The zero-order valence-corrected chi connectivity index (χ0v) is 14.9. The predicted molar refractivity (Wildman–Crippen MR) is 97.0 cm³/mol. The Labute approximate surface area is 151 Å². The number of nitrogens with zero attached hydrogens (tertiary/aromatic N) is 3. The van der Waals surface area contributed by atoms with Gasteiger partial charge in [0.25, 0.3) is 5.91 Å². The van der Waals surface area contributed by atoms with Crippen LogP contribution in [0.1, 0.15) is 36.0 Å². The van der Waals surface area contributed by atoms with Crippen LogP contribution in [0.25, 0.3) is 0 Å². The number of hydrogen-bond donors (Lipinski definition) is 1. The van der Waals surface area contributed by atoms with E-state index in [4.69, 9.17) is 4.74 Å². The van der Waals surface area contributed by atoms with Crippen LogP contribution in [-0.4, -0.2) is 47.2 Å². The summed E-state index contributed by atoms with van der Waals surface area (Å²) in [7, 11) is 0. The molecule has 2 aromatic heterocycles. The number of aromatic nitrogens is 2. The lowest BCUT2D eigenvalue weighted by Gasteiger charge is -2.38. The Morgan fingerprint density at radius 2 is 2.28 bits per heavy atom. The van der Waals surface area contributed by atoms with Gasteiger partial charge in [0.05, 0.1) is 11.7 Å². The summed E-state index contributed by atoms with van der Waals surface area (Å²) in [5.41, 5.74) is 0.596. The summed E-state index contributed by atoms with van der Waals surface area (Å²) in [6, 6.07) is 3.68.